The highest BCUT2D eigenvalue weighted by Crippen LogP contribution is 2.62. The Hall–Kier alpha value is -1.43. The van der Waals surface area contributed by atoms with Gasteiger partial charge in [-0.05, 0) is 75.5 Å². The average Bonchev–Trinajstić information content (AvgIpc) is 2.99. The van der Waals surface area contributed by atoms with Crippen molar-refractivity contribution in [3.8, 4) is 0 Å². The predicted octanol–water partition coefficient (Wildman–Crippen LogP) is 2.81. The molecule has 6 nitrogen and oxygen atoms in total. The van der Waals surface area contributed by atoms with Crippen LogP contribution >= 0.6 is 0 Å². The molecule has 6 heteroatoms. The van der Waals surface area contributed by atoms with Crippen molar-refractivity contribution < 1.29 is 14.4 Å². The molecule has 0 unspecified atom stereocenters. The normalized spacial score (nSPS) is 41.6. The first-order valence-electron chi connectivity index (χ1n) is 10.2. The smallest absolute Gasteiger partial charge is 0.231 e. The molecule has 4 saturated carbocycles. The quantitative estimate of drug-likeness (QED) is 0.898. The summed E-state index contributed by atoms with van der Waals surface area (Å²) < 4.78 is 5.35. The zero-order chi connectivity index (χ0) is 17.9. The van der Waals surface area contributed by atoms with Gasteiger partial charge >= 0.3 is 0 Å². The van der Waals surface area contributed by atoms with E-state index in [9.17, 15) is 9.90 Å². The molecule has 0 aromatic carbocycles. The van der Waals surface area contributed by atoms with Gasteiger partial charge in [-0.3, -0.25) is 4.79 Å². The van der Waals surface area contributed by atoms with E-state index in [0.29, 0.717) is 36.5 Å². The van der Waals surface area contributed by atoms with Gasteiger partial charge in [0.15, 0.2) is 5.82 Å². The number of carbonyl (C=O) groups excluding carboxylic acids is 1. The van der Waals surface area contributed by atoms with Crippen LogP contribution in [0.2, 0.25) is 0 Å². The maximum absolute atomic E-state index is 13.1. The van der Waals surface area contributed by atoms with E-state index in [-0.39, 0.29) is 17.2 Å². The van der Waals surface area contributed by atoms with Gasteiger partial charge in [0, 0.05) is 19.5 Å². The van der Waals surface area contributed by atoms with Gasteiger partial charge in [0.05, 0.1) is 11.5 Å². The molecule has 142 valence electrons. The lowest BCUT2D eigenvalue weighted by atomic mass is 9.47. The molecule has 5 fully saturated rings. The highest BCUT2D eigenvalue weighted by molar-refractivity contribution is 5.77. The molecule has 4 aliphatic carbocycles. The van der Waals surface area contributed by atoms with Crippen LogP contribution < -0.4 is 0 Å². The van der Waals surface area contributed by atoms with E-state index < -0.39 is 5.60 Å². The molecule has 6 rings (SSSR count). The van der Waals surface area contributed by atoms with Gasteiger partial charge in [0.2, 0.25) is 11.8 Å². The molecule has 3 atom stereocenters. The summed E-state index contributed by atoms with van der Waals surface area (Å²) in [5.74, 6) is 3.01. The van der Waals surface area contributed by atoms with Crippen molar-refractivity contribution in [3.63, 3.8) is 0 Å². The number of aromatic nitrogens is 2. The summed E-state index contributed by atoms with van der Waals surface area (Å²) in [7, 11) is 0. The standard InChI is InChI=1S/C20H29N3O3/c1-13-21-18(26-22-13)16-3-2-4-23(11-16)17(24)10-19-6-14-5-15(7-19)9-20(25,8-14)12-19/h14-16,25H,2-12H2,1H3/t14-,15-,16+,19?,20?/m1/s1. The number of nitrogens with zero attached hydrogens (tertiary/aromatic N) is 3. The SMILES string of the molecule is Cc1noc([C@H]2CCCN(C(=O)CC34C[C@H]5C[C@@H](CC(O)(C5)C3)C4)C2)n1. The Kier molecular flexibility index (Phi) is 3.72. The number of likely N-dealkylation sites (tertiary alicyclic amines) is 1. The first kappa shape index (κ1) is 16.7. The molecule has 1 amide bonds. The van der Waals surface area contributed by atoms with Crippen LogP contribution in [-0.2, 0) is 4.79 Å². The monoisotopic (exact) mass is 359 g/mol. The molecule has 1 saturated heterocycles. The zero-order valence-electron chi connectivity index (χ0n) is 15.6. The number of carbonyl (C=O) groups is 1. The summed E-state index contributed by atoms with van der Waals surface area (Å²) in [6.45, 7) is 3.35. The number of aliphatic hydroxyl groups is 1. The van der Waals surface area contributed by atoms with Gasteiger partial charge in [-0.25, -0.2) is 0 Å². The van der Waals surface area contributed by atoms with Crippen LogP contribution in [-0.4, -0.2) is 44.7 Å². The van der Waals surface area contributed by atoms with Gasteiger partial charge in [-0.2, -0.15) is 4.98 Å². The lowest BCUT2D eigenvalue weighted by Gasteiger charge is -2.60. The third kappa shape index (κ3) is 2.86. The summed E-state index contributed by atoms with van der Waals surface area (Å²) >= 11 is 0. The molecule has 1 aliphatic heterocycles. The number of hydrogen-bond donors (Lipinski definition) is 1. The lowest BCUT2D eigenvalue weighted by Crippen LogP contribution is -2.56. The fraction of sp³-hybridized carbons (Fsp3) is 0.850. The molecular formula is C20H29N3O3. The summed E-state index contributed by atoms with van der Waals surface area (Å²) in [5.41, 5.74) is -0.444. The van der Waals surface area contributed by atoms with E-state index >= 15 is 0 Å². The van der Waals surface area contributed by atoms with Crippen molar-refractivity contribution in [2.24, 2.45) is 17.3 Å². The highest BCUT2D eigenvalue weighted by Gasteiger charge is 2.57. The molecule has 2 heterocycles. The van der Waals surface area contributed by atoms with Crippen LogP contribution in [0.25, 0.3) is 0 Å². The van der Waals surface area contributed by atoms with E-state index in [1.54, 1.807) is 0 Å². The van der Waals surface area contributed by atoms with Gasteiger partial charge in [0.1, 0.15) is 0 Å². The second kappa shape index (κ2) is 5.78. The Labute approximate surface area is 154 Å². The van der Waals surface area contributed by atoms with Crippen LogP contribution in [0.1, 0.15) is 75.4 Å². The van der Waals surface area contributed by atoms with E-state index in [0.717, 1.165) is 51.5 Å². The summed E-state index contributed by atoms with van der Waals surface area (Å²) in [6, 6.07) is 0. The maximum Gasteiger partial charge on any atom is 0.231 e. The topological polar surface area (TPSA) is 79.5 Å². The number of hydrogen-bond acceptors (Lipinski definition) is 5. The Bertz CT molecular complexity index is 701. The van der Waals surface area contributed by atoms with Crippen molar-refractivity contribution in [1.82, 2.24) is 15.0 Å². The fourth-order valence-corrected chi connectivity index (χ4v) is 6.93. The maximum atomic E-state index is 13.1. The fourth-order valence-electron chi connectivity index (χ4n) is 6.93. The van der Waals surface area contributed by atoms with Crippen molar-refractivity contribution in [1.29, 1.82) is 0 Å². The van der Waals surface area contributed by atoms with Crippen molar-refractivity contribution >= 4 is 5.91 Å². The zero-order valence-corrected chi connectivity index (χ0v) is 15.6. The second-order valence-corrected chi connectivity index (χ2v) is 9.72. The van der Waals surface area contributed by atoms with Gasteiger partial charge in [-0.1, -0.05) is 5.16 Å². The lowest BCUT2D eigenvalue weighted by molar-refractivity contribution is -0.172. The molecule has 26 heavy (non-hydrogen) atoms. The van der Waals surface area contributed by atoms with Crippen LogP contribution in [0.5, 0.6) is 0 Å². The number of aryl methyl sites for hydroxylation is 1. The van der Waals surface area contributed by atoms with Crippen molar-refractivity contribution in [2.45, 2.75) is 76.2 Å². The molecule has 1 aromatic rings. The van der Waals surface area contributed by atoms with Crippen LogP contribution in [0, 0.1) is 24.2 Å². The van der Waals surface area contributed by atoms with Crippen LogP contribution in [0.4, 0.5) is 0 Å². The highest BCUT2D eigenvalue weighted by atomic mass is 16.5. The van der Waals surface area contributed by atoms with E-state index in [1.165, 1.54) is 6.42 Å². The molecular weight excluding hydrogens is 330 g/mol. The minimum absolute atomic E-state index is 0.0456. The third-order valence-corrected chi connectivity index (χ3v) is 7.34. The average molecular weight is 359 g/mol. The Morgan fingerprint density at radius 1 is 1.31 bits per heavy atom. The number of rotatable bonds is 3. The van der Waals surface area contributed by atoms with E-state index in [2.05, 4.69) is 10.1 Å². The predicted molar refractivity (Wildman–Crippen MR) is 94.3 cm³/mol. The molecule has 0 spiro atoms. The van der Waals surface area contributed by atoms with Gasteiger partial charge < -0.3 is 14.5 Å². The largest absolute Gasteiger partial charge is 0.390 e. The summed E-state index contributed by atoms with van der Waals surface area (Å²) in [5, 5.41) is 14.8. The van der Waals surface area contributed by atoms with Gasteiger partial charge in [0.25, 0.3) is 0 Å². The third-order valence-electron chi connectivity index (χ3n) is 7.34. The number of piperidine rings is 1. The Balaban J connectivity index is 1.28. The summed E-state index contributed by atoms with van der Waals surface area (Å²) in [4.78, 5) is 19.5. The van der Waals surface area contributed by atoms with E-state index in [4.69, 9.17) is 4.52 Å². The second-order valence-electron chi connectivity index (χ2n) is 9.72. The first-order valence-corrected chi connectivity index (χ1v) is 10.2. The van der Waals surface area contributed by atoms with Crippen LogP contribution in [0.15, 0.2) is 4.52 Å². The Morgan fingerprint density at radius 2 is 2.08 bits per heavy atom. The molecule has 4 bridgehead atoms. The Morgan fingerprint density at radius 3 is 2.73 bits per heavy atom. The minimum atomic E-state index is -0.490. The minimum Gasteiger partial charge on any atom is -0.390 e. The van der Waals surface area contributed by atoms with E-state index in [1.807, 2.05) is 11.8 Å². The molecule has 0 radical (unpaired) electrons. The first-order chi connectivity index (χ1) is 12.4. The number of amides is 1. The van der Waals surface area contributed by atoms with Crippen molar-refractivity contribution in [2.75, 3.05) is 13.1 Å². The summed E-state index contributed by atoms with van der Waals surface area (Å²) in [6.07, 6.45) is 8.89. The molecule has 1 N–H and O–H groups in total. The molecule has 5 aliphatic rings. The van der Waals surface area contributed by atoms with Gasteiger partial charge in [-0.15, -0.1) is 0 Å². The van der Waals surface area contributed by atoms with Crippen LogP contribution in [0.3, 0.4) is 0 Å². The van der Waals surface area contributed by atoms with Crippen molar-refractivity contribution in [3.05, 3.63) is 11.7 Å². The molecule has 1 aromatic heterocycles.